The van der Waals surface area contributed by atoms with E-state index in [2.05, 4.69) is 30.2 Å². The zero-order chi connectivity index (χ0) is 23.4. The molecule has 0 fully saturated rings. The summed E-state index contributed by atoms with van der Waals surface area (Å²) in [5.74, 6) is 0.258. The quantitative estimate of drug-likeness (QED) is 0.429. The monoisotopic (exact) mass is 466 g/mol. The van der Waals surface area contributed by atoms with Crippen LogP contribution in [0.1, 0.15) is 34.4 Å². The van der Waals surface area contributed by atoms with Crippen molar-refractivity contribution in [3.05, 3.63) is 77.3 Å². The highest BCUT2D eigenvalue weighted by Crippen LogP contribution is 2.38. The van der Waals surface area contributed by atoms with Crippen molar-refractivity contribution >= 4 is 11.5 Å². The molecular formula is C22H17F3N8O. The van der Waals surface area contributed by atoms with Crippen molar-refractivity contribution in [1.82, 2.24) is 34.8 Å². The van der Waals surface area contributed by atoms with Crippen molar-refractivity contribution in [2.24, 2.45) is 0 Å². The zero-order valence-corrected chi connectivity index (χ0v) is 17.8. The molecule has 1 N–H and O–H groups in total. The number of aromatic nitrogens is 7. The van der Waals surface area contributed by atoms with Gasteiger partial charge in [-0.05, 0) is 36.8 Å². The van der Waals surface area contributed by atoms with E-state index in [0.29, 0.717) is 35.6 Å². The summed E-state index contributed by atoms with van der Waals surface area (Å²) in [6.45, 7) is 2.36. The normalized spacial score (nSPS) is 16.2. The number of aromatic amines is 1. The first-order valence-electron chi connectivity index (χ1n) is 10.5. The number of aryl methyl sites for hydroxylation is 1. The van der Waals surface area contributed by atoms with Gasteiger partial charge in [0, 0.05) is 24.9 Å². The van der Waals surface area contributed by atoms with Crippen molar-refractivity contribution in [2.45, 2.75) is 25.6 Å². The molecule has 1 aliphatic rings. The summed E-state index contributed by atoms with van der Waals surface area (Å²) in [5.41, 5.74) is 2.83. The average Bonchev–Trinajstić information content (AvgIpc) is 3.56. The number of fused-ring (bicyclic) bond motifs is 2. The Kier molecular flexibility index (Phi) is 4.44. The maximum absolute atomic E-state index is 13.6. The van der Waals surface area contributed by atoms with Crippen LogP contribution in [0.5, 0.6) is 0 Å². The number of anilines is 1. The highest BCUT2D eigenvalue weighted by atomic mass is 19.4. The molecule has 6 rings (SSSR count). The number of alkyl halides is 3. The van der Waals surface area contributed by atoms with Gasteiger partial charge in [0.1, 0.15) is 17.4 Å². The van der Waals surface area contributed by atoms with E-state index >= 15 is 0 Å². The summed E-state index contributed by atoms with van der Waals surface area (Å²) in [5, 5.41) is 12.7. The molecule has 0 spiro atoms. The third-order valence-electron chi connectivity index (χ3n) is 5.87. The van der Waals surface area contributed by atoms with Crippen molar-refractivity contribution < 1.29 is 17.6 Å². The Morgan fingerprint density at radius 3 is 2.82 bits per heavy atom. The largest absolute Gasteiger partial charge is 0.433 e. The lowest BCUT2D eigenvalue weighted by Crippen LogP contribution is -2.37. The second-order valence-corrected chi connectivity index (χ2v) is 7.99. The predicted molar refractivity (Wildman–Crippen MR) is 114 cm³/mol. The van der Waals surface area contributed by atoms with Crippen LogP contribution < -0.4 is 4.90 Å². The molecule has 5 aromatic rings. The summed E-state index contributed by atoms with van der Waals surface area (Å²) < 4.78 is 47.6. The van der Waals surface area contributed by atoms with E-state index < -0.39 is 17.9 Å². The van der Waals surface area contributed by atoms with E-state index in [-0.39, 0.29) is 11.9 Å². The summed E-state index contributed by atoms with van der Waals surface area (Å²) in [4.78, 5) is 13.7. The number of hydrogen-bond acceptors (Lipinski definition) is 7. The Morgan fingerprint density at radius 2 is 2.00 bits per heavy atom. The second kappa shape index (κ2) is 7.40. The van der Waals surface area contributed by atoms with Gasteiger partial charge in [0.05, 0.1) is 23.2 Å². The number of halogens is 3. The number of nitrogens with zero attached hydrogens (tertiary/aromatic N) is 7. The number of rotatable bonds is 3. The first-order valence-corrected chi connectivity index (χ1v) is 10.5. The molecule has 0 bridgehead atoms. The zero-order valence-electron chi connectivity index (χ0n) is 17.8. The summed E-state index contributed by atoms with van der Waals surface area (Å²) in [6.07, 6.45) is -0.725. The van der Waals surface area contributed by atoms with Crippen LogP contribution in [0.2, 0.25) is 0 Å². The Bertz CT molecular complexity index is 1500. The maximum Gasteiger partial charge on any atom is 0.433 e. The molecular weight excluding hydrogens is 449 g/mol. The van der Waals surface area contributed by atoms with Gasteiger partial charge in [0.2, 0.25) is 0 Å². The van der Waals surface area contributed by atoms with Gasteiger partial charge >= 0.3 is 12.2 Å². The fourth-order valence-electron chi connectivity index (χ4n) is 4.30. The van der Waals surface area contributed by atoms with Gasteiger partial charge in [-0.25, -0.2) is 9.50 Å². The number of pyridine rings is 2. The van der Waals surface area contributed by atoms with Crippen molar-refractivity contribution in [3.63, 3.8) is 0 Å². The average molecular weight is 466 g/mol. The third kappa shape index (κ3) is 3.21. The summed E-state index contributed by atoms with van der Waals surface area (Å²) >= 11 is 0. The molecule has 6 heterocycles. The van der Waals surface area contributed by atoms with E-state index in [1.165, 1.54) is 6.07 Å². The molecule has 172 valence electrons. The minimum atomic E-state index is -4.55. The smallest absolute Gasteiger partial charge is 0.402 e. The molecule has 0 saturated carbocycles. The first-order chi connectivity index (χ1) is 16.4. The molecule has 0 amide bonds. The van der Waals surface area contributed by atoms with Gasteiger partial charge in [-0.1, -0.05) is 17.2 Å². The molecule has 0 radical (unpaired) electrons. The van der Waals surface area contributed by atoms with Crippen LogP contribution in [0.15, 0.2) is 53.3 Å². The van der Waals surface area contributed by atoms with Gasteiger partial charge in [-0.3, -0.25) is 4.98 Å². The molecule has 0 saturated heterocycles. The molecule has 1 aliphatic heterocycles. The van der Waals surface area contributed by atoms with E-state index in [4.69, 9.17) is 4.42 Å². The van der Waals surface area contributed by atoms with Crippen LogP contribution in [0.25, 0.3) is 17.1 Å². The lowest BCUT2D eigenvalue weighted by molar-refractivity contribution is -0.142. The molecule has 9 nitrogen and oxygen atoms in total. The number of hydrogen-bond donors (Lipinski definition) is 1. The van der Waals surface area contributed by atoms with Crippen molar-refractivity contribution in [2.75, 3.05) is 11.4 Å². The van der Waals surface area contributed by atoms with E-state index in [9.17, 15) is 13.2 Å². The van der Waals surface area contributed by atoms with Gasteiger partial charge in [0.25, 0.3) is 5.89 Å². The molecule has 0 aromatic carbocycles. The van der Waals surface area contributed by atoms with E-state index in [0.717, 1.165) is 21.8 Å². The van der Waals surface area contributed by atoms with Gasteiger partial charge in [-0.2, -0.15) is 18.3 Å². The maximum atomic E-state index is 13.6. The highest BCUT2D eigenvalue weighted by Gasteiger charge is 2.38. The van der Waals surface area contributed by atoms with E-state index in [1.807, 2.05) is 24.0 Å². The minimum absolute atomic E-state index is 0.215. The van der Waals surface area contributed by atoms with E-state index in [1.54, 1.807) is 24.7 Å². The Hall–Kier alpha value is -4.22. The van der Waals surface area contributed by atoms with Crippen molar-refractivity contribution in [3.8, 4) is 11.6 Å². The van der Waals surface area contributed by atoms with Crippen LogP contribution in [-0.4, -0.2) is 41.3 Å². The van der Waals surface area contributed by atoms with Gasteiger partial charge < -0.3 is 14.3 Å². The highest BCUT2D eigenvalue weighted by molar-refractivity contribution is 5.55. The second-order valence-electron chi connectivity index (χ2n) is 7.99. The fourth-order valence-corrected chi connectivity index (χ4v) is 4.30. The molecule has 0 aliphatic carbocycles. The van der Waals surface area contributed by atoms with Crippen LogP contribution in [-0.2, 0) is 12.6 Å². The summed E-state index contributed by atoms with van der Waals surface area (Å²) in [7, 11) is 0. The van der Waals surface area contributed by atoms with Crippen LogP contribution in [0, 0.1) is 6.92 Å². The SMILES string of the molecule is Cc1cccnc1-c1nnc(N2CCc3[nH]cnc3[C@@H]2c2cc3cccc(C(F)(F)F)n3n2)o1. The van der Waals surface area contributed by atoms with Crippen LogP contribution in [0.3, 0.4) is 0 Å². The first kappa shape index (κ1) is 20.4. The Labute approximate surface area is 190 Å². The lowest BCUT2D eigenvalue weighted by atomic mass is 10.0. The number of H-pyrrole nitrogens is 1. The lowest BCUT2D eigenvalue weighted by Gasteiger charge is -2.32. The molecule has 12 heteroatoms. The third-order valence-corrected chi connectivity index (χ3v) is 5.87. The Balaban J connectivity index is 1.47. The minimum Gasteiger partial charge on any atom is -0.402 e. The topological polar surface area (TPSA) is 101 Å². The van der Waals surface area contributed by atoms with Gasteiger partial charge in [-0.15, -0.1) is 5.10 Å². The fraction of sp³-hybridized carbons (Fsp3) is 0.227. The molecule has 5 aromatic heterocycles. The predicted octanol–water partition coefficient (Wildman–Crippen LogP) is 3.98. The Morgan fingerprint density at radius 1 is 1.12 bits per heavy atom. The van der Waals surface area contributed by atoms with Crippen molar-refractivity contribution in [1.29, 1.82) is 0 Å². The van der Waals surface area contributed by atoms with Gasteiger partial charge in [0.15, 0.2) is 0 Å². The number of imidazole rings is 1. The standard InChI is InChI=1S/C22H17F3N8O/c1-12-4-3-8-26-17(12)20-29-30-21(34-20)32-9-7-14-18(28-11-27-14)19(32)15-10-13-5-2-6-16(22(23,24)25)33(13)31-15/h2-6,8,10-11,19H,7,9H2,1H3,(H,27,28)/t19-/m0/s1. The molecule has 0 unspecified atom stereocenters. The molecule has 34 heavy (non-hydrogen) atoms. The van der Waals surface area contributed by atoms with Crippen LogP contribution in [0.4, 0.5) is 19.2 Å². The van der Waals surface area contributed by atoms with Crippen LogP contribution >= 0.6 is 0 Å². The number of nitrogens with one attached hydrogen (secondary N) is 1. The summed E-state index contributed by atoms with van der Waals surface area (Å²) in [6, 6.07) is 8.87. The molecule has 1 atom stereocenters.